The zero-order valence-corrected chi connectivity index (χ0v) is 15.0. The quantitative estimate of drug-likeness (QED) is 0.766. The van der Waals surface area contributed by atoms with Crippen LogP contribution in [0.15, 0.2) is 14.7 Å². The van der Waals surface area contributed by atoms with Gasteiger partial charge in [0, 0.05) is 19.1 Å². The Morgan fingerprint density at radius 1 is 1.62 bits per heavy atom. The number of likely N-dealkylation sites (N-methyl/N-ethyl adjacent to an activating group) is 1. The van der Waals surface area contributed by atoms with Gasteiger partial charge in [-0.25, -0.2) is 13.2 Å². The monoisotopic (exact) mass is 396 g/mol. The molecule has 1 atom stereocenters. The van der Waals surface area contributed by atoms with Crippen LogP contribution in [0.5, 0.6) is 0 Å². The van der Waals surface area contributed by atoms with Gasteiger partial charge in [0.05, 0.1) is 10.9 Å². The topological polar surface area (TPSA) is 75.7 Å². The number of carbonyl (C=O) groups excluding carboxylic acids is 1. The van der Waals surface area contributed by atoms with Gasteiger partial charge in [0.1, 0.15) is 9.77 Å². The maximum Gasteiger partial charge on any atom is 0.348 e. The largest absolute Gasteiger partial charge is 0.465 e. The van der Waals surface area contributed by atoms with Crippen molar-refractivity contribution < 1.29 is 17.9 Å². The Morgan fingerprint density at radius 2 is 2.33 bits per heavy atom. The number of ether oxygens (including phenoxy) is 1. The van der Waals surface area contributed by atoms with Crippen LogP contribution in [-0.4, -0.2) is 52.0 Å². The number of nitrogens with zero attached hydrogens (tertiary/aromatic N) is 1. The Bertz CT molecular complexity index is 629. The van der Waals surface area contributed by atoms with Crippen molar-refractivity contribution >= 4 is 43.3 Å². The molecule has 0 amide bonds. The van der Waals surface area contributed by atoms with Crippen molar-refractivity contribution in [2.24, 2.45) is 0 Å². The van der Waals surface area contributed by atoms with Gasteiger partial charge in [-0.2, -0.15) is 4.31 Å². The molecule has 6 nitrogen and oxygen atoms in total. The highest BCUT2D eigenvalue weighted by atomic mass is 79.9. The predicted octanol–water partition coefficient (Wildman–Crippen LogP) is 1.67. The number of esters is 1. The maximum absolute atomic E-state index is 12.8. The SMILES string of the molecule is CNCC1CCCN1S(=O)(=O)c1cc(C(=O)OC)sc1Br. The molecule has 1 unspecified atom stereocenters. The highest BCUT2D eigenvalue weighted by Gasteiger charge is 2.37. The van der Waals surface area contributed by atoms with Crippen molar-refractivity contribution in [3.8, 4) is 0 Å². The molecule has 1 saturated heterocycles. The van der Waals surface area contributed by atoms with E-state index in [9.17, 15) is 13.2 Å². The van der Waals surface area contributed by atoms with Crippen LogP contribution in [0.25, 0.3) is 0 Å². The van der Waals surface area contributed by atoms with Crippen molar-refractivity contribution in [1.29, 1.82) is 0 Å². The summed E-state index contributed by atoms with van der Waals surface area (Å²) in [5.74, 6) is -0.532. The molecule has 2 rings (SSSR count). The van der Waals surface area contributed by atoms with Crippen molar-refractivity contribution in [2.45, 2.75) is 23.8 Å². The minimum Gasteiger partial charge on any atom is -0.465 e. The summed E-state index contributed by atoms with van der Waals surface area (Å²) in [6, 6.07) is 1.33. The Kier molecular flexibility index (Phi) is 5.42. The molecule has 2 heterocycles. The highest BCUT2D eigenvalue weighted by molar-refractivity contribution is 9.11. The van der Waals surface area contributed by atoms with Crippen molar-refractivity contribution in [2.75, 3.05) is 27.2 Å². The molecular weight excluding hydrogens is 380 g/mol. The molecule has 0 aliphatic carbocycles. The second-order valence-corrected chi connectivity index (χ2v) is 8.94. The molecular formula is C12H17BrN2O4S2. The average Bonchev–Trinajstić information content (AvgIpc) is 3.05. The molecule has 0 spiro atoms. The van der Waals surface area contributed by atoms with Gasteiger partial charge in [0.15, 0.2) is 0 Å². The Hall–Kier alpha value is -0.480. The lowest BCUT2D eigenvalue weighted by molar-refractivity contribution is 0.0606. The zero-order valence-electron chi connectivity index (χ0n) is 11.8. The fraction of sp³-hybridized carbons (Fsp3) is 0.583. The fourth-order valence-corrected chi connectivity index (χ4v) is 6.55. The Morgan fingerprint density at radius 3 is 2.95 bits per heavy atom. The summed E-state index contributed by atoms with van der Waals surface area (Å²) in [7, 11) is -0.537. The molecule has 1 N–H and O–H groups in total. The van der Waals surface area contributed by atoms with E-state index in [0.29, 0.717) is 16.9 Å². The summed E-state index contributed by atoms with van der Waals surface area (Å²) in [6.45, 7) is 1.12. The highest BCUT2D eigenvalue weighted by Crippen LogP contribution is 2.36. The van der Waals surface area contributed by atoms with Crippen molar-refractivity contribution in [3.05, 3.63) is 14.7 Å². The van der Waals surface area contributed by atoms with Crippen molar-refractivity contribution in [3.63, 3.8) is 0 Å². The average molecular weight is 397 g/mol. The van der Waals surface area contributed by atoms with Crippen LogP contribution >= 0.6 is 27.3 Å². The first-order valence-corrected chi connectivity index (χ1v) is 9.51. The van der Waals surface area contributed by atoms with Crippen LogP contribution in [0.1, 0.15) is 22.5 Å². The number of thiophene rings is 1. The first-order chi connectivity index (χ1) is 9.91. The third-order valence-corrected chi connectivity index (χ3v) is 7.58. The third kappa shape index (κ3) is 3.31. The molecule has 0 bridgehead atoms. The molecule has 0 aromatic carbocycles. The molecule has 118 valence electrons. The molecule has 1 aliphatic rings. The number of sulfonamides is 1. The van der Waals surface area contributed by atoms with Gasteiger partial charge in [-0.3, -0.25) is 0 Å². The smallest absolute Gasteiger partial charge is 0.348 e. The van der Waals surface area contributed by atoms with Gasteiger partial charge in [-0.15, -0.1) is 11.3 Å². The summed E-state index contributed by atoms with van der Waals surface area (Å²) in [5, 5.41) is 3.02. The van der Waals surface area contributed by atoms with Gasteiger partial charge < -0.3 is 10.1 Å². The lowest BCUT2D eigenvalue weighted by atomic mass is 10.2. The molecule has 1 aromatic heterocycles. The van der Waals surface area contributed by atoms with E-state index >= 15 is 0 Å². The molecule has 0 saturated carbocycles. The first-order valence-electron chi connectivity index (χ1n) is 6.46. The van der Waals surface area contributed by atoms with E-state index in [0.717, 1.165) is 24.2 Å². The standard InChI is InChI=1S/C12H17BrN2O4S2/c1-14-7-8-4-3-5-15(8)21(17,18)10-6-9(12(16)19-2)20-11(10)13/h6,8,14H,3-5,7H2,1-2H3. The summed E-state index contributed by atoms with van der Waals surface area (Å²) in [5.41, 5.74) is 0. The summed E-state index contributed by atoms with van der Waals surface area (Å²) in [4.78, 5) is 11.9. The number of hydrogen-bond donors (Lipinski definition) is 1. The maximum atomic E-state index is 12.8. The number of hydrogen-bond acceptors (Lipinski definition) is 6. The Labute approximate surface area is 136 Å². The van der Waals surface area contributed by atoms with Gasteiger partial charge in [-0.1, -0.05) is 0 Å². The Balaban J connectivity index is 2.35. The van der Waals surface area contributed by atoms with Crippen LogP contribution in [0.2, 0.25) is 0 Å². The van der Waals surface area contributed by atoms with Crippen molar-refractivity contribution in [1.82, 2.24) is 9.62 Å². The number of halogens is 1. The second kappa shape index (κ2) is 6.74. The molecule has 1 fully saturated rings. The number of nitrogens with one attached hydrogen (secondary N) is 1. The predicted molar refractivity (Wildman–Crippen MR) is 84.2 cm³/mol. The number of methoxy groups -OCH3 is 1. The van der Waals surface area contributed by atoms with E-state index in [1.807, 2.05) is 0 Å². The van der Waals surface area contributed by atoms with E-state index < -0.39 is 16.0 Å². The van der Waals surface area contributed by atoms with E-state index in [4.69, 9.17) is 0 Å². The first kappa shape index (κ1) is 16.9. The minimum atomic E-state index is -3.61. The van der Waals surface area contributed by atoms with Gasteiger partial charge in [0.25, 0.3) is 0 Å². The second-order valence-electron chi connectivity index (χ2n) is 4.71. The van der Waals surface area contributed by atoms with Gasteiger partial charge in [-0.05, 0) is 41.9 Å². The van der Waals surface area contributed by atoms with E-state index in [2.05, 4.69) is 26.0 Å². The molecule has 1 aliphatic heterocycles. The zero-order chi connectivity index (χ0) is 15.6. The summed E-state index contributed by atoms with van der Waals surface area (Å²) in [6.07, 6.45) is 1.68. The summed E-state index contributed by atoms with van der Waals surface area (Å²) >= 11 is 4.31. The van der Waals surface area contributed by atoms with Crippen LogP contribution in [0, 0.1) is 0 Å². The lowest BCUT2D eigenvalue weighted by Crippen LogP contribution is -2.40. The lowest BCUT2D eigenvalue weighted by Gasteiger charge is -2.23. The summed E-state index contributed by atoms with van der Waals surface area (Å²) < 4.78 is 32.1. The van der Waals surface area contributed by atoms with Crippen LogP contribution < -0.4 is 5.32 Å². The van der Waals surface area contributed by atoms with E-state index in [1.165, 1.54) is 17.5 Å². The fourth-order valence-electron chi connectivity index (χ4n) is 2.42. The van der Waals surface area contributed by atoms with E-state index in [1.54, 1.807) is 7.05 Å². The number of carbonyl (C=O) groups is 1. The number of rotatable bonds is 5. The van der Waals surface area contributed by atoms with Gasteiger partial charge in [0.2, 0.25) is 10.0 Å². The normalized spacial score (nSPS) is 19.9. The van der Waals surface area contributed by atoms with Crippen LogP contribution in [0.3, 0.4) is 0 Å². The minimum absolute atomic E-state index is 0.0478. The molecule has 9 heteroatoms. The van der Waals surface area contributed by atoms with E-state index in [-0.39, 0.29) is 15.8 Å². The van der Waals surface area contributed by atoms with Crippen LogP contribution in [-0.2, 0) is 14.8 Å². The van der Waals surface area contributed by atoms with Gasteiger partial charge >= 0.3 is 5.97 Å². The third-order valence-electron chi connectivity index (χ3n) is 3.39. The molecule has 21 heavy (non-hydrogen) atoms. The molecule has 0 radical (unpaired) electrons. The molecule has 1 aromatic rings. The van der Waals surface area contributed by atoms with Crippen LogP contribution in [0.4, 0.5) is 0 Å².